The molecule has 1 fully saturated rings. The van der Waals surface area contributed by atoms with Crippen LogP contribution in [0.1, 0.15) is 25.8 Å². The first-order chi connectivity index (χ1) is 9.22. The van der Waals surface area contributed by atoms with Gasteiger partial charge in [0.2, 0.25) is 0 Å². The molecule has 0 amide bonds. The van der Waals surface area contributed by atoms with E-state index in [4.69, 9.17) is 0 Å². The minimum absolute atomic E-state index is 0.121. The Morgan fingerprint density at radius 1 is 1.16 bits per heavy atom. The highest BCUT2D eigenvalue weighted by atomic mass is 16.1. The van der Waals surface area contributed by atoms with Crippen molar-refractivity contribution >= 4 is 11.0 Å². The molecule has 0 spiro atoms. The monoisotopic (exact) mass is 259 g/mol. The minimum atomic E-state index is 0.121. The standard InChI is InChI=1S/C15H21N3O/c1-3-17-10-8-12(9-11-17)18-14-7-5-4-6-13(14)16(2)15(18)19/h4-7,12H,3,8-11H2,1-2H3. The van der Waals surface area contributed by atoms with Crippen LogP contribution in [0, 0.1) is 0 Å². The highest BCUT2D eigenvalue weighted by Crippen LogP contribution is 2.25. The van der Waals surface area contributed by atoms with E-state index in [0.717, 1.165) is 43.5 Å². The van der Waals surface area contributed by atoms with Crippen LogP contribution in [-0.4, -0.2) is 33.7 Å². The van der Waals surface area contributed by atoms with Crippen LogP contribution in [0.2, 0.25) is 0 Å². The van der Waals surface area contributed by atoms with Gasteiger partial charge in [0, 0.05) is 26.2 Å². The number of hydrogen-bond donors (Lipinski definition) is 0. The molecule has 0 atom stereocenters. The van der Waals surface area contributed by atoms with Gasteiger partial charge in [0.15, 0.2) is 0 Å². The van der Waals surface area contributed by atoms with E-state index in [-0.39, 0.29) is 5.69 Å². The molecular weight excluding hydrogens is 238 g/mol. The average Bonchev–Trinajstić information content (AvgIpc) is 2.72. The minimum Gasteiger partial charge on any atom is -0.303 e. The van der Waals surface area contributed by atoms with E-state index in [1.54, 1.807) is 4.57 Å². The number of benzene rings is 1. The van der Waals surface area contributed by atoms with Gasteiger partial charge >= 0.3 is 5.69 Å². The Morgan fingerprint density at radius 2 is 1.79 bits per heavy atom. The molecule has 1 aromatic carbocycles. The van der Waals surface area contributed by atoms with Crippen molar-refractivity contribution in [3.63, 3.8) is 0 Å². The largest absolute Gasteiger partial charge is 0.329 e. The quantitative estimate of drug-likeness (QED) is 0.825. The van der Waals surface area contributed by atoms with Crippen molar-refractivity contribution in [1.29, 1.82) is 0 Å². The van der Waals surface area contributed by atoms with Gasteiger partial charge in [0.05, 0.1) is 11.0 Å². The van der Waals surface area contributed by atoms with Crippen LogP contribution in [-0.2, 0) is 7.05 Å². The topological polar surface area (TPSA) is 30.2 Å². The van der Waals surface area contributed by atoms with Crippen molar-refractivity contribution in [3.05, 3.63) is 34.7 Å². The number of nitrogens with zero attached hydrogens (tertiary/aromatic N) is 3. The summed E-state index contributed by atoms with van der Waals surface area (Å²) in [5.41, 5.74) is 2.23. The van der Waals surface area contributed by atoms with Crippen LogP contribution >= 0.6 is 0 Å². The summed E-state index contributed by atoms with van der Waals surface area (Å²) in [4.78, 5) is 14.9. The summed E-state index contributed by atoms with van der Waals surface area (Å²) < 4.78 is 3.77. The lowest BCUT2D eigenvalue weighted by Gasteiger charge is -2.31. The van der Waals surface area contributed by atoms with Gasteiger partial charge < -0.3 is 4.90 Å². The van der Waals surface area contributed by atoms with Crippen molar-refractivity contribution in [1.82, 2.24) is 14.0 Å². The molecule has 1 aliphatic rings. The molecule has 2 heterocycles. The van der Waals surface area contributed by atoms with Gasteiger partial charge in [-0.1, -0.05) is 19.1 Å². The molecule has 0 bridgehead atoms. The van der Waals surface area contributed by atoms with Gasteiger partial charge in [-0.2, -0.15) is 0 Å². The number of aryl methyl sites for hydroxylation is 1. The smallest absolute Gasteiger partial charge is 0.303 e. The summed E-state index contributed by atoms with van der Waals surface area (Å²) in [6.07, 6.45) is 2.14. The number of fused-ring (bicyclic) bond motifs is 1. The van der Waals surface area contributed by atoms with E-state index in [1.165, 1.54) is 0 Å². The summed E-state index contributed by atoms with van der Waals surface area (Å²) in [6.45, 7) is 5.50. The Labute approximate surface area is 113 Å². The Morgan fingerprint density at radius 3 is 2.42 bits per heavy atom. The predicted octanol–water partition coefficient (Wildman–Crippen LogP) is 2.00. The molecule has 3 rings (SSSR count). The van der Waals surface area contributed by atoms with Gasteiger partial charge in [0.25, 0.3) is 0 Å². The molecule has 1 aliphatic heterocycles. The maximum Gasteiger partial charge on any atom is 0.329 e. The second-order valence-electron chi connectivity index (χ2n) is 5.37. The van der Waals surface area contributed by atoms with Crippen molar-refractivity contribution in [2.75, 3.05) is 19.6 Å². The average molecular weight is 259 g/mol. The highest BCUT2D eigenvalue weighted by Gasteiger charge is 2.23. The van der Waals surface area contributed by atoms with Crippen LogP contribution in [0.3, 0.4) is 0 Å². The molecule has 0 unspecified atom stereocenters. The molecule has 102 valence electrons. The van der Waals surface area contributed by atoms with Gasteiger partial charge in [-0.05, 0) is 31.5 Å². The normalized spacial score (nSPS) is 18.2. The number of hydrogen-bond acceptors (Lipinski definition) is 2. The van der Waals surface area contributed by atoms with E-state index < -0.39 is 0 Å². The van der Waals surface area contributed by atoms with Gasteiger partial charge in [-0.15, -0.1) is 0 Å². The third kappa shape index (κ3) is 2.00. The summed E-state index contributed by atoms with van der Waals surface area (Å²) in [5, 5.41) is 0. The Hall–Kier alpha value is -1.55. The Kier molecular flexibility index (Phi) is 3.19. The fourth-order valence-electron chi connectivity index (χ4n) is 3.17. The SMILES string of the molecule is CCN1CCC(n2c(=O)n(C)c3ccccc32)CC1. The molecule has 2 aromatic rings. The number of likely N-dealkylation sites (tertiary alicyclic amines) is 1. The number of piperidine rings is 1. The van der Waals surface area contributed by atoms with Gasteiger partial charge in [0.1, 0.15) is 0 Å². The molecule has 1 aromatic heterocycles. The maximum absolute atomic E-state index is 12.5. The lowest BCUT2D eigenvalue weighted by Crippen LogP contribution is -2.37. The third-order valence-corrected chi connectivity index (χ3v) is 4.37. The summed E-state index contributed by atoms with van der Waals surface area (Å²) in [7, 11) is 1.86. The van der Waals surface area contributed by atoms with Crippen LogP contribution in [0.15, 0.2) is 29.1 Å². The summed E-state index contributed by atoms with van der Waals surface area (Å²) in [5.74, 6) is 0. The first-order valence-corrected chi connectivity index (χ1v) is 7.10. The van der Waals surface area contributed by atoms with Crippen LogP contribution in [0.5, 0.6) is 0 Å². The number of aromatic nitrogens is 2. The Bertz CT molecular complexity index is 632. The summed E-state index contributed by atoms with van der Waals surface area (Å²) >= 11 is 0. The molecule has 4 nitrogen and oxygen atoms in total. The molecule has 0 saturated carbocycles. The molecule has 0 N–H and O–H groups in total. The van der Waals surface area contributed by atoms with Crippen LogP contribution < -0.4 is 5.69 Å². The zero-order valence-electron chi connectivity index (χ0n) is 11.7. The number of para-hydroxylation sites is 2. The fraction of sp³-hybridized carbons (Fsp3) is 0.533. The second kappa shape index (κ2) is 4.85. The molecular formula is C15H21N3O. The molecule has 0 aliphatic carbocycles. The van der Waals surface area contributed by atoms with Gasteiger partial charge in [-0.3, -0.25) is 9.13 Å². The first kappa shape index (κ1) is 12.5. The molecule has 19 heavy (non-hydrogen) atoms. The van der Waals surface area contributed by atoms with Crippen molar-refractivity contribution in [2.24, 2.45) is 7.05 Å². The van der Waals surface area contributed by atoms with E-state index in [9.17, 15) is 4.79 Å². The van der Waals surface area contributed by atoms with Gasteiger partial charge in [-0.25, -0.2) is 4.79 Å². The number of rotatable bonds is 2. The van der Waals surface area contributed by atoms with E-state index in [0.29, 0.717) is 6.04 Å². The highest BCUT2D eigenvalue weighted by molar-refractivity contribution is 5.76. The third-order valence-electron chi connectivity index (χ3n) is 4.37. The molecule has 4 heteroatoms. The predicted molar refractivity (Wildman–Crippen MR) is 77.6 cm³/mol. The van der Waals surface area contributed by atoms with E-state index >= 15 is 0 Å². The molecule has 0 radical (unpaired) electrons. The zero-order chi connectivity index (χ0) is 13.4. The number of imidazole rings is 1. The maximum atomic E-state index is 12.5. The van der Waals surface area contributed by atoms with E-state index in [1.807, 2.05) is 29.8 Å². The Balaban J connectivity index is 2.02. The lowest BCUT2D eigenvalue weighted by molar-refractivity contribution is 0.194. The zero-order valence-corrected chi connectivity index (χ0v) is 11.7. The molecule has 1 saturated heterocycles. The fourth-order valence-corrected chi connectivity index (χ4v) is 3.17. The second-order valence-corrected chi connectivity index (χ2v) is 5.37. The van der Waals surface area contributed by atoms with E-state index in [2.05, 4.69) is 17.9 Å². The van der Waals surface area contributed by atoms with Crippen LogP contribution in [0.4, 0.5) is 0 Å². The van der Waals surface area contributed by atoms with Crippen molar-refractivity contribution < 1.29 is 0 Å². The van der Waals surface area contributed by atoms with Crippen molar-refractivity contribution in [2.45, 2.75) is 25.8 Å². The van der Waals surface area contributed by atoms with Crippen molar-refractivity contribution in [3.8, 4) is 0 Å². The van der Waals surface area contributed by atoms with Crippen LogP contribution in [0.25, 0.3) is 11.0 Å². The first-order valence-electron chi connectivity index (χ1n) is 7.10. The lowest BCUT2D eigenvalue weighted by atomic mass is 10.0. The summed E-state index contributed by atoms with van der Waals surface area (Å²) in [6, 6.07) is 8.43.